The molecule has 0 bridgehead atoms. The number of esters is 1. The van der Waals surface area contributed by atoms with Crippen molar-refractivity contribution in [1.82, 2.24) is 9.88 Å². The highest BCUT2D eigenvalue weighted by molar-refractivity contribution is 5.90. The molecule has 1 heterocycles. The second-order valence-electron chi connectivity index (χ2n) is 4.12. The van der Waals surface area contributed by atoms with Gasteiger partial charge in [0.15, 0.2) is 0 Å². The zero-order valence-corrected chi connectivity index (χ0v) is 10.8. The molecule has 0 fully saturated rings. The van der Waals surface area contributed by atoms with Gasteiger partial charge in [-0.15, -0.1) is 0 Å². The lowest BCUT2D eigenvalue weighted by molar-refractivity contribution is 0.0600. The first-order valence-corrected chi connectivity index (χ1v) is 5.45. The Hall–Kier alpha value is -1.62. The first kappa shape index (κ1) is 13.4. The van der Waals surface area contributed by atoms with Crippen LogP contribution in [0.25, 0.3) is 0 Å². The zero-order chi connectivity index (χ0) is 12.8. The van der Waals surface area contributed by atoms with E-state index in [4.69, 9.17) is 0 Å². The number of methoxy groups -OCH3 is 1. The fourth-order valence-corrected chi connectivity index (χ4v) is 1.34. The van der Waals surface area contributed by atoms with Crippen LogP contribution in [-0.4, -0.2) is 57.2 Å². The molecule has 94 valence electrons. The van der Waals surface area contributed by atoms with Crippen molar-refractivity contribution in [1.29, 1.82) is 0 Å². The summed E-state index contributed by atoms with van der Waals surface area (Å²) < 4.78 is 4.68. The standard InChI is InChI=1S/C12H19N3O2/c1-14(2)7-8-15(3)11-9-10(5-6-13-11)12(16)17-4/h5-6,9H,7-8H2,1-4H3. The van der Waals surface area contributed by atoms with Gasteiger partial charge in [0.1, 0.15) is 5.82 Å². The fourth-order valence-electron chi connectivity index (χ4n) is 1.34. The van der Waals surface area contributed by atoms with E-state index >= 15 is 0 Å². The largest absolute Gasteiger partial charge is 0.465 e. The summed E-state index contributed by atoms with van der Waals surface area (Å²) in [7, 11) is 7.36. The van der Waals surface area contributed by atoms with Crippen molar-refractivity contribution >= 4 is 11.8 Å². The molecule has 5 nitrogen and oxygen atoms in total. The summed E-state index contributed by atoms with van der Waals surface area (Å²) in [6.07, 6.45) is 1.62. The van der Waals surface area contributed by atoms with Gasteiger partial charge < -0.3 is 14.5 Å². The second-order valence-corrected chi connectivity index (χ2v) is 4.12. The molecule has 0 saturated carbocycles. The van der Waals surface area contributed by atoms with Gasteiger partial charge in [-0.1, -0.05) is 0 Å². The van der Waals surface area contributed by atoms with E-state index in [0.29, 0.717) is 5.56 Å². The lowest BCUT2D eigenvalue weighted by Crippen LogP contribution is -2.29. The summed E-state index contributed by atoms with van der Waals surface area (Å²) >= 11 is 0. The van der Waals surface area contributed by atoms with Crippen LogP contribution in [0.4, 0.5) is 5.82 Å². The molecule has 1 rings (SSSR count). The molecule has 0 saturated heterocycles. The molecule has 0 aliphatic carbocycles. The predicted octanol–water partition coefficient (Wildman–Crippen LogP) is 0.866. The van der Waals surface area contributed by atoms with E-state index in [2.05, 4.69) is 14.6 Å². The Morgan fingerprint density at radius 1 is 1.35 bits per heavy atom. The Kier molecular flexibility index (Phi) is 4.90. The molecule has 0 atom stereocenters. The van der Waals surface area contributed by atoms with Crippen molar-refractivity contribution in [2.24, 2.45) is 0 Å². The van der Waals surface area contributed by atoms with Crippen LogP contribution < -0.4 is 4.90 Å². The van der Waals surface area contributed by atoms with Gasteiger partial charge in [-0.05, 0) is 26.2 Å². The minimum Gasteiger partial charge on any atom is -0.465 e. The Morgan fingerprint density at radius 3 is 2.65 bits per heavy atom. The maximum Gasteiger partial charge on any atom is 0.338 e. The van der Waals surface area contributed by atoms with Gasteiger partial charge in [0, 0.05) is 26.3 Å². The minimum absolute atomic E-state index is 0.338. The van der Waals surface area contributed by atoms with Crippen molar-refractivity contribution in [2.75, 3.05) is 46.2 Å². The van der Waals surface area contributed by atoms with Gasteiger partial charge in [-0.3, -0.25) is 0 Å². The minimum atomic E-state index is -0.338. The fraction of sp³-hybridized carbons (Fsp3) is 0.500. The second kappa shape index (κ2) is 6.20. The molecule has 0 amide bonds. The number of carbonyl (C=O) groups excluding carboxylic acids is 1. The number of carbonyl (C=O) groups is 1. The highest BCUT2D eigenvalue weighted by Crippen LogP contribution is 2.11. The molecule has 5 heteroatoms. The predicted molar refractivity (Wildman–Crippen MR) is 67.4 cm³/mol. The van der Waals surface area contributed by atoms with Crippen LogP contribution >= 0.6 is 0 Å². The number of ether oxygens (including phenoxy) is 1. The number of rotatable bonds is 5. The third-order valence-corrected chi connectivity index (χ3v) is 2.44. The number of nitrogens with zero attached hydrogens (tertiary/aromatic N) is 3. The Morgan fingerprint density at radius 2 is 2.06 bits per heavy atom. The zero-order valence-electron chi connectivity index (χ0n) is 10.8. The number of hydrogen-bond acceptors (Lipinski definition) is 5. The Balaban J connectivity index is 2.73. The summed E-state index contributed by atoms with van der Waals surface area (Å²) in [5, 5.41) is 0. The topological polar surface area (TPSA) is 45.7 Å². The van der Waals surface area contributed by atoms with Crippen LogP contribution in [0.15, 0.2) is 18.3 Å². The molecule has 0 aliphatic heterocycles. The van der Waals surface area contributed by atoms with E-state index in [1.165, 1.54) is 7.11 Å². The van der Waals surface area contributed by atoms with Gasteiger partial charge in [-0.2, -0.15) is 0 Å². The van der Waals surface area contributed by atoms with E-state index in [9.17, 15) is 4.79 Å². The number of likely N-dealkylation sites (N-methyl/N-ethyl adjacent to an activating group) is 2. The summed E-state index contributed by atoms with van der Waals surface area (Å²) in [6.45, 7) is 1.78. The molecular weight excluding hydrogens is 218 g/mol. The summed E-state index contributed by atoms with van der Waals surface area (Å²) in [5.74, 6) is 0.435. The average Bonchev–Trinajstić information content (AvgIpc) is 2.35. The quantitative estimate of drug-likeness (QED) is 0.711. The monoisotopic (exact) mass is 237 g/mol. The maximum absolute atomic E-state index is 11.4. The van der Waals surface area contributed by atoms with E-state index in [1.807, 2.05) is 26.0 Å². The molecule has 0 spiro atoms. The van der Waals surface area contributed by atoms with E-state index < -0.39 is 0 Å². The number of hydrogen-bond donors (Lipinski definition) is 0. The van der Waals surface area contributed by atoms with E-state index in [1.54, 1.807) is 18.3 Å². The number of pyridine rings is 1. The normalized spacial score (nSPS) is 10.4. The van der Waals surface area contributed by atoms with Crippen molar-refractivity contribution in [3.63, 3.8) is 0 Å². The van der Waals surface area contributed by atoms with Crippen LogP contribution in [0.1, 0.15) is 10.4 Å². The smallest absolute Gasteiger partial charge is 0.338 e. The van der Waals surface area contributed by atoms with Crippen LogP contribution in [0.5, 0.6) is 0 Å². The number of aromatic nitrogens is 1. The molecule has 1 aromatic rings. The van der Waals surface area contributed by atoms with Crippen molar-refractivity contribution < 1.29 is 9.53 Å². The first-order valence-electron chi connectivity index (χ1n) is 5.45. The van der Waals surface area contributed by atoms with Gasteiger partial charge >= 0.3 is 5.97 Å². The molecule has 0 unspecified atom stereocenters. The van der Waals surface area contributed by atoms with Crippen molar-refractivity contribution in [3.8, 4) is 0 Å². The molecular formula is C12H19N3O2. The van der Waals surface area contributed by atoms with Crippen LogP contribution in [0.2, 0.25) is 0 Å². The van der Waals surface area contributed by atoms with E-state index in [0.717, 1.165) is 18.9 Å². The Labute approximate surface area is 102 Å². The summed E-state index contributed by atoms with van der Waals surface area (Å²) in [4.78, 5) is 19.7. The highest BCUT2D eigenvalue weighted by Gasteiger charge is 2.09. The SMILES string of the molecule is COC(=O)c1ccnc(N(C)CCN(C)C)c1. The summed E-state index contributed by atoms with van der Waals surface area (Å²) in [5.41, 5.74) is 0.522. The van der Waals surface area contributed by atoms with Crippen molar-refractivity contribution in [2.45, 2.75) is 0 Å². The van der Waals surface area contributed by atoms with Gasteiger partial charge in [0.05, 0.1) is 12.7 Å². The third-order valence-electron chi connectivity index (χ3n) is 2.44. The Bertz CT molecular complexity index is 380. The van der Waals surface area contributed by atoms with Crippen LogP contribution in [-0.2, 0) is 4.74 Å². The van der Waals surface area contributed by atoms with Crippen LogP contribution in [0.3, 0.4) is 0 Å². The molecule has 17 heavy (non-hydrogen) atoms. The average molecular weight is 237 g/mol. The first-order chi connectivity index (χ1) is 8.04. The van der Waals surface area contributed by atoms with Gasteiger partial charge in [0.25, 0.3) is 0 Å². The maximum atomic E-state index is 11.4. The van der Waals surface area contributed by atoms with Crippen molar-refractivity contribution in [3.05, 3.63) is 23.9 Å². The molecule has 0 N–H and O–H groups in total. The summed E-state index contributed by atoms with van der Waals surface area (Å²) in [6, 6.07) is 3.39. The molecule has 1 aromatic heterocycles. The number of anilines is 1. The molecule has 0 aliphatic rings. The lowest BCUT2D eigenvalue weighted by Gasteiger charge is -2.20. The van der Waals surface area contributed by atoms with E-state index in [-0.39, 0.29) is 5.97 Å². The molecule has 0 radical (unpaired) electrons. The molecule has 0 aromatic carbocycles. The van der Waals surface area contributed by atoms with Crippen LogP contribution in [0, 0.1) is 0 Å². The highest BCUT2D eigenvalue weighted by atomic mass is 16.5. The van der Waals surface area contributed by atoms with Gasteiger partial charge in [-0.25, -0.2) is 9.78 Å². The lowest BCUT2D eigenvalue weighted by atomic mass is 10.2. The van der Waals surface area contributed by atoms with Gasteiger partial charge in [0.2, 0.25) is 0 Å². The third kappa shape index (κ3) is 4.03.